The Hall–Kier alpha value is -1.79. The first kappa shape index (κ1) is 12.3. The highest BCUT2D eigenvalue weighted by molar-refractivity contribution is 8.03. The number of carbonyl (C=O) groups is 2. The van der Waals surface area contributed by atoms with Crippen LogP contribution in [0, 0.1) is 0 Å². The quantitative estimate of drug-likeness (QED) is 0.828. The summed E-state index contributed by atoms with van der Waals surface area (Å²) in [5, 5.41) is 3.42. The van der Waals surface area contributed by atoms with Gasteiger partial charge in [0.15, 0.2) is 0 Å². The lowest BCUT2D eigenvalue weighted by atomic mass is 10.1. The maximum atomic E-state index is 12.2. The molecular weight excluding hydrogens is 264 g/mol. The van der Waals surface area contributed by atoms with Crippen LogP contribution in [0.2, 0.25) is 0 Å². The van der Waals surface area contributed by atoms with E-state index in [9.17, 15) is 9.59 Å². The zero-order chi connectivity index (χ0) is 13.5. The Kier molecular flexibility index (Phi) is 2.83. The molecule has 0 aromatic heterocycles. The molecule has 5 nitrogen and oxygen atoms in total. The highest BCUT2D eigenvalue weighted by atomic mass is 32.2. The molecule has 1 saturated heterocycles. The number of methoxy groups -OCH3 is 1. The number of thioether (sulfide) groups is 1. The molecule has 0 bridgehead atoms. The fraction of sp³-hybridized carbons (Fsp3) is 0.231. The van der Waals surface area contributed by atoms with Gasteiger partial charge in [-0.05, 0) is 5.56 Å². The summed E-state index contributed by atoms with van der Waals surface area (Å²) in [7, 11) is 1.47. The summed E-state index contributed by atoms with van der Waals surface area (Å²) in [6.07, 6.45) is -0.157. The second-order valence-electron chi connectivity index (χ2n) is 4.23. The molecule has 0 spiro atoms. The minimum absolute atomic E-state index is 0.157. The van der Waals surface area contributed by atoms with Gasteiger partial charge in [-0.25, -0.2) is 0 Å². The van der Waals surface area contributed by atoms with Crippen molar-refractivity contribution in [1.29, 1.82) is 0 Å². The van der Waals surface area contributed by atoms with Gasteiger partial charge >= 0.3 is 0 Å². The first-order valence-corrected chi connectivity index (χ1v) is 6.67. The Balaban J connectivity index is 2.02. The van der Waals surface area contributed by atoms with Gasteiger partial charge in [0.2, 0.25) is 11.8 Å². The molecule has 2 amide bonds. The number of fused-ring (bicyclic) bond motifs is 1. The normalized spacial score (nSPS) is 25.9. The second-order valence-corrected chi connectivity index (χ2v) is 5.25. The molecule has 98 valence electrons. The molecule has 2 heterocycles. The van der Waals surface area contributed by atoms with E-state index in [4.69, 9.17) is 4.74 Å². The minimum atomic E-state index is -1.14. The average Bonchev–Trinajstić information content (AvgIpc) is 2.80. The third-order valence-corrected chi connectivity index (χ3v) is 4.18. The van der Waals surface area contributed by atoms with Crippen LogP contribution in [-0.4, -0.2) is 29.0 Å². The van der Waals surface area contributed by atoms with Gasteiger partial charge in [0.25, 0.3) is 5.18 Å². The minimum Gasteiger partial charge on any atom is -0.332 e. The van der Waals surface area contributed by atoms with Gasteiger partial charge < -0.3 is 10.1 Å². The summed E-state index contributed by atoms with van der Waals surface area (Å²) >= 11 is 1.27. The van der Waals surface area contributed by atoms with Crippen LogP contribution in [0.4, 0.5) is 0 Å². The first-order valence-electron chi connectivity index (χ1n) is 5.79. The highest BCUT2D eigenvalue weighted by Crippen LogP contribution is 2.45. The van der Waals surface area contributed by atoms with E-state index in [-0.39, 0.29) is 18.2 Å². The molecule has 2 aliphatic rings. The van der Waals surface area contributed by atoms with Crippen molar-refractivity contribution in [2.45, 2.75) is 11.6 Å². The van der Waals surface area contributed by atoms with E-state index >= 15 is 0 Å². The summed E-state index contributed by atoms with van der Waals surface area (Å²) < 4.78 is 5.38. The monoisotopic (exact) mass is 276 g/mol. The standard InChI is InChI=1S/C13H12N2O3S/c1-18-13-14-11(16)7-12(17)15(13)10(8-19-13)9-5-3-2-4-6-9/h2-6,8H,7H2,1H3,(H,14,16). The smallest absolute Gasteiger partial charge is 0.283 e. The number of nitrogens with zero attached hydrogens (tertiary/aromatic N) is 1. The molecule has 3 rings (SSSR count). The summed E-state index contributed by atoms with van der Waals surface area (Å²) in [5.74, 6) is -0.580. The fourth-order valence-electron chi connectivity index (χ4n) is 2.22. The molecule has 1 unspecified atom stereocenters. The van der Waals surface area contributed by atoms with Crippen LogP contribution in [0.5, 0.6) is 0 Å². The third-order valence-electron chi connectivity index (χ3n) is 3.07. The van der Waals surface area contributed by atoms with Crippen LogP contribution in [0.15, 0.2) is 35.7 Å². The molecule has 0 aliphatic carbocycles. The predicted octanol–water partition coefficient (Wildman–Crippen LogP) is 1.34. The van der Waals surface area contributed by atoms with E-state index in [0.717, 1.165) is 11.3 Å². The van der Waals surface area contributed by atoms with E-state index < -0.39 is 5.18 Å². The van der Waals surface area contributed by atoms with Crippen LogP contribution in [-0.2, 0) is 14.3 Å². The van der Waals surface area contributed by atoms with Crippen molar-refractivity contribution in [1.82, 2.24) is 10.2 Å². The molecule has 0 saturated carbocycles. The zero-order valence-electron chi connectivity index (χ0n) is 10.3. The van der Waals surface area contributed by atoms with Gasteiger partial charge in [0, 0.05) is 12.5 Å². The number of ether oxygens (including phenoxy) is 1. The van der Waals surface area contributed by atoms with E-state index in [1.807, 2.05) is 35.7 Å². The highest BCUT2D eigenvalue weighted by Gasteiger charge is 2.51. The van der Waals surface area contributed by atoms with E-state index in [0.29, 0.717) is 0 Å². The molecular formula is C13H12N2O3S. The zero-order valence-corrected chi connectivity index (χ0v) is 11.1. The van der Waals surface area contributed by atoms with Crippen molar-refractivity contribution in [3.8, 4) is 0 Å². The molecule has 1 N–H and O–H groups in total. The molecule has 1 aromatic carbocycles. The van der Waals surface area contributed by atoms with Crippen molar-refractivity contribution in [3.05, 3.63) is 41.3 Å². The summed E-state index contributed by atoms with van der Waals surface area (Å²) in [5.41, 5.74) is 1.66. The van der Waals surface area contributed by atoms with Gasteiger partial charge in [-0.3, -0.25) is 14.5 Å². The summed E-state index contributed by atoms with van der Waals surface area (Å²) in [6, 6.07) is 9.56. The first-order chi connectivity index (χ1) is 9.16. The maximum Gasteiger partial charge on any atom is 0.283 e. The van der Waals surface area contributed by atoms with Gasteiger partial charge in [0.05, 0.1) is 5.70 Å². The Labute approximate surface area is 114 Å². The number of hydrogen-bond acceptors (Lipinski definition) is 4. The van der Waals surface area contributed by atoms with Gasteiger partial charge in [-0.15, -0.1) is 0 Å². The summed E-state index contributed by atoms with van der Waals surface area (Å²) in [4.78, 5) is 25.2. The maximum absolute atomic E-state index is 12.2. The van der Waals surface area contributed by atoms with E-state index in [1.165, 1.54) is 23.8 Å². The van der Waals surface area contributed by atoms with Crippen LogP contribution < -0.4 is 5.32 Å². The van der Waals surface area contributed by atoms with Crippen LogP contribution in [0.3, 0.4) is 0 Å². The lowest BCUT2D eigenvalue weighted by Crippen LogP contribution is -2.63. The Morgan fingerprint density at radius 1 is 1.32 bits per heavy atom. The number of hydrogen-bond donors (Lipinski definition) is 1. The Morgan fingerprint density at radius 3 is 2.74 bits per heavy atom. The topological polar surface area (TPSA) is 58.6 Å². The second kappa shape index (κ2) is 4.40. The van der Waals surface area contributed by atoms with Crippen molar-refractivity contribution < 1.29 is 14.3 Å². The molecule has 1 fully saturated rings. The van der Waals surface area contributed by atoms with Crippen molar-refractivity contribution >= 4 is 29.3 Å². The number of nitrogens with one attached hydrogen (secondary N) is 1. The van der Waals surface area contributed by atoms with Gasteiger partial charge in [-0.2, -0.15) is 0 Å². The largest absolute Gasteiger partial charge is 0.332 e. The van der Waals surface area contributed by atoms with E-state index in [1.54, 1.807) is 0 Å². The van der Waals surface area contributed by atoms with Crippen LogP contribution in [0.1, 0.15) is 12.0 Å². The molecule has 2 aliphatic heterocycles. The number of rotatable bonds is 2. The molecule has 19 heavy (non-hydrogen) atoms. The molecule has 1 aromatic rings. The number of benzene rings is 1. The fourth-order valence-corrected chi connectivity index (χ4v) is 3.30. The van der Waals surface area contributed by atoms with Gasteiger partial charge in [0.1, 0.15) is 6.42 Å². The van der Waals surface area contributed by atoms with E-state index in [2.05, 4.69) is 5.32 Å². The SMILES string of the molecule is COC12NC(=O)CC(=O)N1C(c1ccccc1)=CS2. The molecule has 1 atom stereocenters. The molecule has 0 radical (unpaired) electrons. The Morgan fingerprint density at radius 2 is 2.05 bits per heavy atom. The lowest BCUT2D eigenvalue weighted by Gasteiger charge is -2.40. The Bertz CT molecular complexity index is 573. The van der Waals surface area contributed by atoms with Crippen molar-refractivity contribution in [3.63, 3.8) is 0 Å². The van der Waals surface area contributed by atoms with Gasteiger partial charge in [-0.1, -0.05) is 42.1 Å². The average molecular weight is 276 g/mol. The van der Waals surface area contributed by atoms with Crippen LogP contribution in [0.25, 0.3) is 5.70 Å². The van der Waals surface area contributed by atoms with Crippen LogP contribution >= 0.6 is 11.8 Å². The molecule has 6 heteroatoms. The summed E-state index contributed by atoms with van der Waals surface area (Å²) in [6.45, 7) is 0. The number of amides is 2. The van der Waals surface area contributed by atoms with Crippen molar-refractivity contribution in [2.75, 3.05) is 7.11 Å². The lowest BCUT2D eigenvalue weighted by molar-refractivity contribution is -0.158. The predicted molar refractivity (Wildman–Crippen MR) is 71.4 cm³/mol. The van der Waals surface area contributed by atoms with Crippen molar-refractivity contribution in [2.24, 2.45) is 0 Å². The number of carbonyl (C=O) groups excluding carboxylic acids is 2. The third kappa shape index (κ3) is 1.84.